The lowest BCUT2D eigenvalue weighted by atomic mass is 10.4. The van der Waals surface area contributed by atoms with Crippen LogP contribution in [0.5, 0.6) is 0 Å². The summed E-state index contributed by atoms with van der Waals surface area (Å²) >= 11 is 0. The Morgan fingerprint density at radius 1 is 1.42 bits per heavy atom. The summed E-state index contributed by atoms with van der Waals surface area (Å²) in [4.78, 5) is 42.3. The molecular formula is C10H12N4O5. The number of hydrogen-bond acceptors (Lipinski definition) is 5. The van der Waals surface area contributed by atoms with Gasteiger partial charge in [-0.3, -0.25) is 14.3 Å². The van der Waals surface area contributed by atoms with Crippen molar-refractivity contribution in [3.05, 3.63) is 26.7 Å². The zero-order chi connectivity index (χ0) is 14.0. The predicted molar refractivity (Wildman–Crippen MR) is 64.4 cm³/mol. The molecule has 0 aliphatic carbocycles. The number of carboxylic acid groups (broad SMARTS) is 1. The number of ether oxygens (including phenoxy) is 1. The molecule has 102 valence electrons. The third kappa shape index (κ3) is 2.40. The molecule has 0 amide bonds. The molecule has 9 heteroatoms. The molecule has 0 saturated heterocycles. The summed E-state index contributed by atoms with van der Waals surface area (Å²) in [5.74, 6) is -1.68. The van der Waals surface area contributed by atoms with Gasteiger partial charge in [-0.2, -0.15) is 0 Å². The number of H-pyrrole nitrogens is 2. The lowest BCUT2D eigenvalue weighted by Gasteiger charge is -2.04. The molecule has 0 fully saturated rings. The number of methoxy groups -OCH3 is 1. The van der Waals surface area contributed by atoms with Gasteiger partial charge in [0.1, 0.15) is 5.52 Å². The van der Waals surface area contributed by atoms with Crippen LogP contribution in [-0.2, 0) is 11.3 Å². The maximum Gasteiger partial charge on any atom is 0.371 e. The van der Waals surface area contributed by atoms with Gasteiger partial charge in [-0.15, -0.1) is 0 Å². The Labute approximate surface area is 105 Å². The van der Waals surface area contributed by atoms with Crippen LogP contribution in [0.4, 0.5) is 0 Å². The van der Waals surface area contributed by atoms with E-state index in [-0.39, 0.29) is 23.5 Å². The molecule has 9 nitrogen and oxygen atoms in total. The van der Waals surface area contributed by atoms with Gasteiger partial charge in [0.05, 0.1) is 0 Å². The topological polar surface area (TPSA) is 130 Å². The van der Waals surface area contributed by atoms with Crippen LogP contribution >= 0.6 is 0 Å². The first-order chi connectivity index (χ1) is 9.04. The van der Waals surface area contributed by atoms with Gasteiger partial charge >= 0.3 is 11.7 Å². The van der Waals surface area contributed by atoms with Crippen molar-refractivity contribution in [3.63, 3.8) is 0 Å². The largest absolute Gasteiger partial charge is 0.475 e. The minimum atomic E-state index is -1.30. The molecule has 2 aromatic rings. The molecule has 2 heterocycles. The van der Waals surface area contributed by atoms with Crippen molar-refractivity contribution in [2.75, 3.05) is 13.7 Å². The van der Waals surface area contributed by atoms with E-state index in [0.29, 0.717) is 13.0 Å². The molecule has 0 radical (unpaired) electrons. The number of carbonyl (C=O) groups is 1. The van der Waals surface area contributed by atoms with Gasteiger partial charge in [-0.05, 0) is 6.42 Å². The second-order valence-corrected chi connectivity index (χ2v) is 3.85. The van der Waals surface area contributed by atoms with E-state index in [2.05, 4.69) is 15.0 Å². The molecule has 0 aliphatic rings. The molecule has 0 atom stereocenters. The smallest absolute Gasteiger partial charge is 0.371 e. The summed E-state index contributed by atoms with van der Waals surface area (Å²) in [7, 11) is 1.53. The van der Waals surface area contributed by atoms with Crippen molar-refractivity contribution in [1.29, 1.82) is 0 Å². The first-order valence-electron chi connectivity index (χ1n) is 5.49. The number of aromatic carboxylic acids is 1. The van der Waals surface area contributed by atoms with Gasteiger partial charge in [-0.25, -0.2) is 14.6 Å². The highest BCUT2D eigenvalue weighted by Gasteiger charge is 2.16. The maximum absolute atomic E-state index is 11.7. The summed E-state index contributed by atoms with van der Waals surface area (Å²) in [5, 5.41) is 8.84. The van der Waals surface area contributed by atoms with Crippen LogP contribution in [0, 0.1) is 0 Å². The molecule has 0 saturated carbocycles. The molecular weight excluding hydrogens is 256 g/mol. The maximum atomic E-state index is 11.7. The van der Waals surface area contributed by atoms with Crippen LogP contribution in [0.1, 0.15) is 17.0 Å². The van der Waals surface area contributed by atoms with E-state index in [1.54, 1.807) is 0 Å². The van der Waals surface area contributed by atoms with Gasteiger partial charge in [-0.1, -0.05) is 0 Å². The van der Waals surface area contributed by atoms with Crippen molar-refractivity contribution >= 4 is 17.1 Å². The van der Waals surface area contributed by atoms with Gasteiger partial charge < -0.3 is 14.8 Å². The number of rotatable bonds is 5. The van der Waals surface area contributed by atoms with Crippen LogP contribution in [0.2, 0.25) is 0 Å². The number of carboxylic acids is 1. The SMILES string of the molecule is COCCCn1c(=O)[nH]c(=O)c2[nH]c(C(=O)O)nc21. The Bertz CT molecular complexity index is 726. The van der Waals surface area contributed by atoms with Crippen molar-refractivity contribution in [2.45, 2.75) is 13.0 Å². The third-order valence-corrected chi connectivity index (χ3v) is 2.57. The van der Waals surface area contributed by atoms with Crippen LogP contribution in [0.15, 0.2) is 9.59 Å². The molecule has 0 unspecified atom stereocenters. The van der Waals surface area contributed by atoms with E-state index in [4.69, 9.17) is 9.84 Å². The number of aryl methyl sites for hydroxylation is 1. The molecule has 0 aliphatic heterocycles. The fourth-order valence-electron chi connectivity index (χ4n) is 1.72. The van der Waals surface area contributed by atoms with Gasteiger partial charge in [0.15, 0.2) is 5.65 Å². The fourth-order valence-corrected chi connectivity index (χ4v) is 1.72. The average molecular weight is 268 g/mol. The Morgan fingerprint density at radius 2 is 2.16 bits per heavy atom. The summed E-state index contributed by atoms with van der Waals surface area (Å²) in [6.07, 6.45) is 0.535. The lowest BCUT2D eigenvalue weighted by molar-refractivity contribution is 0.0685. The number of imidazole rings is 1. The highest BCUT2D eigenvalue weighted by atomic mass is 16.5. The van der Waals surface area contributed by atoms with Gasteiger partial charge in [0, 0.05) is 20.3 Å². The summed E-state index contributed by atoms with van der Waals surface area (Å²) in [5.41, 5.74) is -1.32. The first kappa shape index (κ1) is 13.0. The summed E-state index contributed by atoms with van der Waals surface area (Å²) in [6.45, 7) is 0.702. The Balaban J connectivity index is 2.58. The number of aromatic nitrogens is 4. The van der Waals surface area contributed by atoms with E-state index in [1.807, 2.05) is 0 Å². The number of nitrogens with one attached hydrogen (secondary N) is 2. The summed E-state index contributed by atoms with van der Waals surface area (Å²) in [6, 6.07) is 0. The van der Waals surface area contributed by atoms with Crippen LogP contribution in [-0.4, -0.2) is 44.3 Å². The average Bonchev–Trinajstić information content (AvgIpc) is 2.79. The van der Waals surface area contributed by atoms with Crippen LogP contribution in [0.3, 0.4) is 0 Å². The monoisotopic (exact) mass is 268 g/mol. The second kappa shape index (κ2) is 5.06. The minimum absolute atomic E-state index is 0.0299. The summed E-state index contributed by atoms with van der Waals surface area (Å²) < 4.78 is 6.08. The van der Waals surface area contributed by atoms with Crippen LogP contribution in [0.25, 0.3) is 11.2 Å². The Hall–Kier alpha value is -2.42. The van der Waals surface area contributed by atoms with Gasteiger partial charge in [0.25, 0.3) is 5.56 Å². The highest BCUT2D eigenvalue weighted by molar-refractivity contribution is 5.87. The fraction of sp³-hybridized carbons (Fsp3) is 0.400. The molecule has 19 heavy (non-hydrogen) atoms. The first-order valence-corrected chi connectivity index (χ1v) is 5.49. The van der Waals surface area contributed by atoms with Crippen molar-refractivity contribution in [3.8, 4) is 0 Å². The zero-order valence-electron chi connectivity index (χ0n) is 10.1. The lowest BCUT2D eigenvalue weighted by Crippen LogP contribution is -2.30. The molecule has 2 rings (SSSR count). The number of aromatic amines is 2. The van der Waals surface area contributed by atoms with E-state index in [1.165, 1.54) is 11.7 Å². The van der Waals surface area contributed by atoms with Crippen LogP contribution < -0.4 is 11.2 Å². The normalized spacial score (nSPS) is 11.0. The Morgan fingerprint density at radius 3 is 2.79 bits per heavy atom. The van der Waals surface area contributed by atoms with E-state index < -0.39 is 17.2 Å². The van der Waals surface area contributed by atoms with E-state index in [9.17, 15) is 14.4 Å². The number of fused-ring (bicyclic) bond motifs is 1. The highest BCUT2D eigenvalue weighted by Crippen LogP contribution is 2.05. The van der Waals surface area contributed by atoms with Crippen molar-refractivity contribution in [2.24, 2.45) is 0 Å². The second-order valence-electron chi connectivity index (χ2n) is 3.85. The minimum Gasteiger partial charge on any atom is -0.475 e. The quantitative estimate of drug-likeness (QED) is 0.605. The predicted octanol–water partition coefficient (Wildman–Crippen LogP) is -0.852. The molecule has 0 aromatic carbocycles. The molecule has 0 spiro atoms. The molecule has 0 bridgehead atoms. The molecule has 2 aromatic heterocycles. The van der Waals surface area contributed by atoms with E-state index >= 15 is 0 Å². The number of nitrogens with zero attached hydrogens (tertiary/aromatic N) is 2. The standard InChI is InChI=1S/C10H12N4O5/c1-19-4-2-3-14-7-5(8(15)13-10(14)18)11-6(12-7)9(16)17/h2-4H2,1H3,(H,11,12)(H,16,17)(H,13,15,18). The zero-order valence-corrected chi connectivity index (χ0v) is 10.1. The molecule has 3 N–H and O–H groups in total. The Kier molecular flexibility index (Phi) is 3.47. The van der Waals surface area contributed by atoms with Crippen molar-refractivity contribution in [1.82, 2.24) is 19.5 Å². The van der Waals surface area contributed by atoms with Crippen molar-refractivity contribution < 1.29 is 14.6 Å². The van der Waals surface area contributed by atoms with Gasteiger partial charge in [0.2, 0.25) is 5.82 Å². The van der Waals surface area contributed by atoms with E-state index in [0.717, 1.165) is 0 Å². The number of hydrogen-bond donors (Lipinski definition) is 3. The third-order valence-electron chi connectivity index (χ3n) is 2.57.